The normalized spacial score (nSPS) is 20.1. The number of hydrogen-bond donors (Lipinski definition) is 0. The molecule has 0 nitrogen and oxygen atoms in total. The van der Waals surface area contributed by atoms with Crippen LogP contribution in [0.3, 0.4) is 0 Å². The van der Waals surface area contributed by atoms with Crippen molar-refractivity contribution in [1.82, 2.24) is 0 Å². The van der Waals surface area contributed by atoms with Crippen LogP contribution in [0, 0.1) is 0 Å². The Hall–Kier alpha value is -1.18. The summed E-state index contributed by atoms with van der Waals surface area (Å²) in [5.41, 5.74) is 10.8. The molecular weight excluding hydrogens is 575 g/mol. The molecule has 0 saturated carbocycles. The zero-order chi connectivity index (χ0) is 25.9. The van der Waals surface area contributed by atoms with Gasteiger partial charge in [-0.05, 0) is 0 Å². The molecule has 0 radical (unpaired) electrons. The standard InChI is InChI=1S/C21H23.C9H7.C2H7Si.2ClH.Zr/c1-5-15-13-17-7-6-8-19(20(17)14-15)16-9-11-18(12-10-16)21(2,3)4;1-2-5-9-7-3-6-8(9)4-1;1-3-2;;;/h6-14H,5H2,1-4H3;1-7H;3H,1-2H3;2*1H;/q;;;;;+2/p-2. The van der Waals surface area contributed by atoms with Crippen LogP contribution in [0.2, 0.25) is 13.1 Å². The Bertz CT molecular complexity index is 1380. The van der Waals surface area contributed by atoms with Gasteiger partial charge < -0.3 is 0 Å². The third kappa shape index (κ3) is 4.03. The van der Waals surface area contributed by atoms with E-state index in [1.54, 1.807) is 0 Å². The summed E-state index contributed by atoms with van der Waals surface area (Å²) in [6.07, 6.45) is 8.02. The zero-order valence-corrected chi connectivity index (χ0v) is 27.4. The van der Waals surface area contributed by atoms with E-state index in [2.05, 4.69) is 126 Å². The van der Waals surface area contributed by atoms with E-state index in [4.69, 9.17) is 17.0 Å². The van der Waals surface area contributed by atoms with Crippen LogP contribution in [0.5, 0.6) is 0 Å². The number of hydrogen-bond acceptors (Lipinski definition) is 0. The number of rotatable bonds is 5. The van der Waals surface area contributed by atoms with Crippen LogP contribution >= 0.6 is 17.0 Å². The fourth-order valence-corrected chi connectivity index (χ4v) is 36.0. The maximum absolute atomic E-state index is 8.19. The minimum absolute atomic E-state index is 0.141. The van der Waals surface area contributed by atoms with Gasteiger partial charge in [-0.2, -0.15) is 0 Å². The van der Waals surface area contributed by atoms with Gasteiger partial charge in [-0.25, -0.2) is 0 Å². The molecule has 187 valence electrons. The molecule has 3 aromatic rings. The molecule has 0 aromatic heterocycles. The van der Waals surface area contributed by atoms with Crippen molar-refractivity contribution in [3.8, 4) is 11.1 Å². The molecule has 2 unspecified atom stereocenters. The Kier molecular flexibility index (Phi) is 6.78. The second-order valence-corrected chi connectivity index (χ2v) is 54.6. The first-order valence-electron chi connectivity index (χ1n) is 13.3. The Morgan fingerprint density at radius 3 is 2.17 bits per heavy atom. The monoisotopic (exact) mass is 609 g/mol. The average molecular weight is 612 g/mol. The van der Waals surface area contributed by atoms with Gasteiger partial charge in [-0.15, -0.1) is 0 Å². The summed E-state index contributed by atoms with van der Waals surface area (Å²) in [7, 11) is 16.4. The topological polar surface area (TPSA) is 0 Å². The minimum atomic E-state index is -4.48. The summed E-state index contributed by atoms with van der Waals surface area (Å²) in [4.78, 5) is 0. The predicted molar refractivity (Wildman–Crippen MR) is 160 cm³/mol. The summed E-state index contributed by atoms with van der Waals surface area (Å²) in [6, 6.07) is 24.6. The van der Waals surface area contributed by atoms with Crippen molar-refractivity contribution in [3.05, 3.63) is 106 Å². The van der Waals surface area contributed by atoms with Crippen LogP contribution in [0.1, 0.15) is 69.2 Å². The van der Waals surface area contributed by atoms with E-state index >= 15 is 0 Å². The molecule has 0 amide bonds. The van der Waals surface area contributed by atoms with Gasteiger partial charge in [0.2, 0.25) is 0 Å². The van der Waals surface area contributed by atoms with E-state index in [-0.39, 0.29) is 12.7 Å². The molecule has 0 bridgehead atoms. The van der Waals surface area contributed by atoms with Crippen molar-refractivity contribution in [2.45, 2.75) is 59.9 Å². The van der Waals surface area contributed by atoms with Crippen molar-refractivity contribution < 1.29 is 15.6 Å². The molecule has 0 heterocycles. The van der Waals surface area contributed by atoms with Crippen LogP contribution in [-0.2, 0) is 21.0 Å². The van der Waals surface area contributed by atoms with Crippen LogP contribution in [0.25, 0.3) is 23.3 Å². The molecule has 3 aromatic carbocycles. The molecule has 2 atom stereocenters. The summed E-state index contributed by atoms with van der Waals surface area (Å²) < 4.78 is 0.328. The third-order valence-corrected chi connectivity index (χ3v) is 60.6. The number of allylic oxidation sites excluding steroid dienone is 2. The molecule has 5 rings (SSSR count). The molecule has 36 heavy (non-hydrogen) atoms. The van der Waals surface area contributed by atoms with E-state index in [9.17, 15) is 0 Å². The van der Waals surface area contributed by atoms with E-state index < -0.39 is 21.5 Å². The van der Waals surface area contributed by atoms with Gasteiger partial charge in [0.1, 0.15) is 0 Å². The first-order valence-corrected chi connectivity index (χ1v) is 29.6. The molecule has 0 fully saturated rings. The van der Waals surface area contributed by atoms with Gasteiger partial charge in [-0.3, -0.25) is 0 Å². The van der Waals surface area contributed by atoms with Crippen LogP contribution < -0.4 is 0 Å². The van der Waals surface area contributed by atoms with Gasteiger partial charge in [0, 0.05) is 0 Å². The fraction of sp³-hybridized carbons (Fsp3) is 0.312. The van der Waals surface area contributed by atoms with Crippen LogP contribution in [0.15, 0.2) is 78.4 Å². The number of fused-ring (bicyclic) bond motifs is 2. The van der Waals surface area contributed by atoms with Crippen molar-refractivity contribution in [2.24, 2.45) is 0 Å². The Morgan fingerprint density at radius 2 is 1.53 bits per heavy atom. The first-order chi connectivity index (χ1) is 17.0. The first kappa shape index (κ1) is 26.4. The van der Waals surface area contributed by atoms with Gasteiger partial charge in [-0.1, -0.05) is 0 Å². The van der Waals surface area contributed by atoms with Crippen molar-refractivity contribution in [3.63, 3.8) is 0 Å². The molecule has 0 spiro atoms. The van der Waals surface area contributed by atoms with E-state index in [1.807, 2.05) is 0 Å². The summed E-state index contributed by atoms with van der Waals surface area (Å²) in [5.74, 6) is -1.46. The Balaban J connectivity index is 1.68. The molecule has 0 aliphatic heterocycles. The van der Waals surface area contributed by atoms with E-state index in [0.29, 0.717) is 0 Å². The average Bonchev–Trinajstić information content (AvgIpc) is 3.46. The third-order valence-electron chi connectivity index (χ3n) is 8.67. The number of halogens is 2. The number of benzene rings is 3. The SMILES string of the molecule is CCC1=Cc2c(-c3ccc(C(C)(C)C)cc3)cccc2[CH]1[Zr]([Cl])([Cl])([CH]1C=Cc2ccccc21)[SiH](C)C. The van der Waals surface area contributed by atoms with Crippen molar-refractivity contribution in [2.75, 3.05) is 0 Å². The van der Waals surface area contributed by atoms with E-state index in [1.165, 1.54) is 44.5 Å². The zero-order valence-electron chi connectivity index (χ0n) is 22.3. The van der Waals surface area contributed by atoms with Crippen molar-refractivity contribution >= 4 is 35.1 Å². The maximum atomic E-state index is 8.19. The fourth-order valence-electron chi connectivity index (χ4n) is 6.43. The molecule has 2 aliphatic carbocycles. The van der Waals surface area contributed by atoms with Crippen molar-refractivity contribution in [1.29, 1.82) is 0 Å². The van der Waals surface area contributed by atoms with Gasteiger partial charge >= 0.3 is 228 Å². The van der Waals surface area contributed by atoms with Gasteiger partial charge in [0.15, 0.2) is 0 Å². The summed E-state index contributed by atoms with van der Waals surface area (Å²) in [5, 5.41) is 0. The second-order valence-electron chi connectivity index (χ2n) is 12.0. The summed E-state index contributed by atoms with van der Waals surface area (Å²) >= 11 is -4.48. The Morgan fingerprint density at radius 1 is 0.861 bits per heavy atom. The molecule has 2 aliphatic rings. The van der Waals surface area contributed by atoms with Gasteiger partial charge in [0.25, 0.3) is 0 Å². The predicted octanol–water partition coefficient (Wildman–Crippen LogP) is 10.2. The van der Waals surface area contributed by atoms with Crippen LogP contribution in [0.4, 0.5) is 0 Å². The molecule has 0 saturated heterocycles. The van der Waals surface area contributed by atoms with E-state index in [0.717, 1.165) is 6.42 Å². The quantitative estimate of drug-likeness (QED) is 0.252. The summed E-state index contributed by atoms with van der Waals surface area (Å²) in [6.45, 7) is 13.9. The van der Waals surface area contributed by atoms with Crippen LogP contribution in [-0.4, -0.2) is 5.92 Å². The molecule has 0 N–H and O–H groups in total. The molecule has 4 heteroatoms. The second kappa shape index (κ2) is 9.23. The van der Waals surface area contributed by atoms with Gasteiger partial charge in [0.05, 0.1) is 0 Å². The Labute approximate surface area is 226 Å². The molecular formula is C32H37Cl2SiZr.